The first kappa shape index (κ1) is 44.6. The molecule has 0 unspecified atom stereocenters. The van der Waals surface area contributed by atoms with E-state index in [2.05, 4.69) is 5.32 Å². The molecule has 2 N–H and O–H groups in total. The average molecular weight is 803 g/mol. The van der Waals surface area contributed by atoms with E-state index in [0.717, 1.165) is 38.5 Å². The van der Waals surface area contributed by atoms with Crippen LogP contribution in [0.3, 0.4) is 0 Å². The molecule has 1 aliphatic carbocycles. The van der Waals surface area contributed by atoms with Crippen LogP contribution >= 0.6 is 11.3 Å². The normalized spacial score (nSPS) is 17.2. The van der Waals surface area contributed by atoms with Crippen LogP contribution in [0, 0.1) is 5.92 Å². The van der Waals surface area contributed by atoms with Crippen molar-refractivity contribution >= 4 is 41.0 Å². The number of nitrogens with zero attached hydrogens (tertiary/aromatic N) is 3. The number of carbonyl (C=O) groups is 5. The van der Waals surface area contributed by atoms with Gasteiger partial charge in [0.15, 0.2) is 0 Å². The van der Waals surface area contributed by atoms with Crippen LogP contribution in [0.4, 0.5) is 4.79 Å². The molecule has 1 aromatic heterocycles. The van der Waals surface area contributed by atoms with Crippen LogP contribution in [0.25, 0.3) is 0 Å². The quantitative estimate of drug-likeness (QED) is 0.124. The van der Waals surface area contributed by atoms with E-state index in [1.807, 2.05) is 0 Å². The number of ketones is 1. The maximum absolute atomic E-state index is 14.4. The molecule has 15 nitrogen and oxygen atoms in total. The van der Waals surface area contributed by atoms with Crippen LogP contribution in [0.1, 0.15) is 106 Å². The standard InChI is InChI=1S/C40H58N4O11S/c1-27(43(5)39(50)55-40(2,3)4)36(48)42-34(28-11-7-6-8-12-28)38(49)44-17-10-15-32(44)37-41-31(26-56-37)35(47)29-13-9-14-30(25-29)54-24-23-53-22-21-52-20-19-51-18-16-33(45)46/h9,13-14,25-28,32,34H,6-8,10-12,15-24H2,1-5H3,(H,42,48)(H,45,46)/t27-,32-,34-/m0/s1. The molecule has 1 aromatic carbocycles. The van der Waals surface area contributed by atoms with Gasteiger partial charge in [-0.2, -0.15) is 0 Å². The number of likely N-dealkylation sites (tertiary alicyclic amines) is 1. The number of carbonyl (C=O) groups excluding carboxylic acids is 4. The molecule has 4 rings (SSSR count). The van der Waals surface area contributed by atoms with Crippen LogP contribution in [0.5, 0.6) is 5.75 Å². The van der Waals surface area contributed by atoms with Gasteiger partial charge in [0.25, 0.3) is 0 Å². The molecule has 0 spiro atoms. The van der Waals surface area contributed by atoms with E-state index >= 15 is 0 Å². The molecule has 16 heteroatoms. The highest BCUT2D eigenvalue weighted by atomic mass is 32.1. The molecule has 2 aliphatic rings. The van der Waals surface area contributed by atoms with Gasteiger partial charge in [-0.3, -0.25) is 24.1 Å². The number of likely N-dealkylation sites (N-methyl/N-ethyl adjacent to an activating group) is 1. The number of hydrogen-bond donors (Lipinski definition) is 2. The van der Waals surface area contributed by atoms with Crippen LogP contribution in [0.2, 0.25) is 0 Å². The lowest BCUT2D eigenvalue weighted by Gasteiger charge is -2.36. The first-order valence-corrected chi connectivity index (χ1v) is 20.4. The molecule has 2 fully saturated rings. The van der Waals surface area contributed by atoms with E-state index in [1.54, 1.807) is 62.2 Å². The summed E-state index contributed by atoms with van der Waals surface area (Å²) in [4.78, 5) is 72.5. The van der Waals surface area contributed by atoms with Crippen LogP contribution in [-0.2, 0) is 33.3 Å². The lowest BCUT2D eigenvalue weighted by molar-refractivity contribution is -0.140. The number of hydrogen-bond acceptors (Lipinski definition) is 12. The van der Waals surface area contributed by atoms with Crippen LogP contribution in [0.15, 0.2) is 29.6 Å². The zero-order valence-corrected chi connectivity index (χ0v) is 34.1. The Morgan fingerprint density at radius 1 is 0.946 bits per heavy atom. The summed E-state index contributed by atoms with van der Waals surface area (Å²) in [7, 11) is 1.52. The Morgan fingerprint density at radius 2 is 1.61 bits per heavy atom. The molecular weight excluding hydrogens is 745 g/mol. The fraction of sp³-hybridized carbons (Fsp3) is 0.650. The first-order valence-electron chi connectivity index (χ1n) is 19.5. The number of rotatable bonds is 21. The number of amides is 3. The van der Waals surface area contributed by atoms with Crippen molar-refractivity contribution in [2.75, 3.05) is 59.8 Å². The summed E-state index contributed by atoms with van der Waals surface area (Å²) in [5, 5.41) is 14.0. The van der Waals surface area contributed by atoms with Gasteiger partial charge in [-0.05, 0) is 71.4 Å². The number of carboxylic acid groups (broad SMARTS) is 1. The Labute approximate surface area is 333 Å². The number of benzene rings is 1. The third kappa shape index (κ3) is 13.8. The van der Waals surface area contributed by atoms with E-state index < -0.39 is 35.7 Å². The van der Waals surface area contributed by atoms with Crippen LogP contribution in [-0.4, -0.2) is 127 Å². The second kappa shape index (κ2) is 22.0. The van der Waals surface area contributed by atoms with Crippen molar-refractivity contribution in [2.45, 2.75) is 103 Å². The van der Waals surface area contributed by atoms with Gasteiger partial charge in [-0.1, -0.05) is 31.4 Å². The minimum Gasteiger partial charge on any atom is -0.491 e. The molecule has 310 valence electrons. The molecule has 56 heavy (non-hydrogen) atoms. The summed E-state index contributed by atoms with van der Waals surface area (Å²) in [6.07, 6.45) is 5.49. The summed E-state index contributed by atoms with van der Waals surface area (Å²) >= 11 is 1.35. The number of carboxylic acids is 1. The molecule has 3 atom stereocenters. The Bertz CT molecular complexity index is 1610. The molecule has 1 saturated heterocycles. The maximum Gasteiger partial charge on any atom is 0.410 e. The molecule has 2 heterocycles. The van der Waals surface area contributed by atoms with Gasteiger partial charge < -0.3 is 39.0 Å². The molecule has 0 radical (unpaired) electrons. The minimum absolute atomic E-state index is 0.0290. The summed E-state index contributed by atoms with van der Waals surface area (Å²) in [5.41, 5.74) is -0.0107. The predicted molar refractivity (Wildman–Crippen MR) is 208 cm³/mol. The number of nitrogens with one attached hydrogen (secondary N) is 1. The Hall–Kier alpha value is -4.12. The highest BCUT2D eigenvalue weighted by Gasteiger charge is 2.41. The Kier molecular flexibility index (Phi) is 17.5. The topological polar surface area (TPSA) is 183 Å². The van der Waals surface area contributed by atoms with Crippen LogP contribution < -0.4 is 10.1 Å². The lowest BCUT2D eigenvalue weighted by Crippen LogP contribution is -2.56. The third-order valence-electron chi connectivity index (χ3n) is 9.70. The molecule has 3 amide bonds. The lowest BCUT2D eigenvalue weighted by atomic mass is 9.83. The first-order chi connectivity index (χ1) is 26.7. The van der Waals surface area contributed by atoms with Gasteiger partial charge in [0, 0.05) is 24.5 Å². The van der Waals surface area contributed by atoms with Gasteiger partial charge in [0.05, 0.1) is 52.1 Å². The van der Waals surface area contributed by atoms with E-state index in [4.69, 9.17) is 33.8 Å². The van der Waals surface area contributed by atoms with Crippen molar-refractivity contribution in [1.82, 2.24) is 20.1 Å². The second-order valence-electron chi connectivity index (χ2n) is 15.1. The molecule has 1 saturated carbocycles. The molecule has 1 aliphatic heterocycles. The summed E-state index contributed by atoms with van der Waals surface area (Å²) in [6, 6.07) is 4.95. The van der Waals surface area contributed by atoms with Crippen molar-refractivity contribution < 1.29 is 52.8 Å². The molecule has 2 aromatic rings. The van der Waals surface area contributed by atoms with E-state index in [1.165, 1.54) is 23.3 Å². The van der Waals surface area contributed by atoms with Crippen molar-refractivity contribution in [3.05, 3.63) is 45.9 Å². The van der Waals surface area contributed by atoms with Crippen molar-refractivity contribution in [3.8, 4) is 5.75 Å². The van der Waals surface area contributed by atoms with E-state index in [9.17, 15) is 24.0 Å². The van der Waals surface area contributed by atoms with Gasteiger partial charge in [0.1, 0.15) is 40.7 Å². The zero-order chi connectivity index (χ0) is 40.7. The van der Waals surface area contributed by atoms with E-state index in [0.29, 0.717) is 62.3 Å². The van der Waals surface area contributed by atoms with Crippen molar-refractivity contribution in [2.24, 2.45) is 5.92 Å². The SMILES string of the molecule is C[C@@H](C(=O)N[C@H](C(=O)N1CCC[C@H]1c1nc(C(=O)c2cccc(OCCOCCOCCOCCC(=O)O)c2)cs1)C1CCCCC1)N(C)C(=O)OC(C)(C)C. The van der Waals surface area contributed by atoms with Gasteiger partial charge >= 0.3 is 12.1 Å². The van der Waals surface area contributed by atoms with Gasteiger partial charge in [0.2, 0.25) is 17.6 Å². The highest BCUT2D eigenvalue weighted by molar-refractivity contribution is 7.10. The zero-order valence-electron chi connectivity index (χ0n) is 33.3. The Morgan fingerprint density at radius 3 is 2.27 bits per heavy atom. The molecular formula is C40H58N4O11S. The maximum atomic E-state index is 14.4. The monoisotopic (exact) mass is 802 g/mol. The highest BCUT2D eigenvalue weighted by Crippen LogP contribution is 2.37. The molecule has 0 bridgehead atoms. The minimum atomic E-state index is -0.903. The predicted octanol–water partition coefficient (Wildman–Crippen LogP) is 5.26. The fourth-order valence-corrected chi connectivity index (χ4v) is 7.54. The number of thiazole rings is 1. The number of ether oxygens (including phenoxy) is 5. The summed E-state index contributed by atoms with van der Waals surface area (Å²) in [5.74, 6) is -1.26. The summed E-state index contributed by atoms with van der Waals surface area (Å²) in [6.45, 7) is 9.53. The number of aliphatic carboxylic acids is 1. The average Bonchev–Trinajstić information content (AvgIpc) is 3.86. The van der Waals surface area contributed by atoms with Crippen molar-refractivity contribution in [3.63, 3.8) is 0 Å². The third-order valence-corrected chi connectivity index (χ3v) is 10.6. The largest absolute Gasteiger partial charge is 0.491 e. The fourth-order valence-electron chi connectivity index (χ4n) is 6.60. The van der Waals surface area contributed by atoms with Gasteiger partial charge in [-0.15, -0.1) is 11.3 Å². The van der Waals surface area contributed by atoms with Crippen molar-refractivity contribution in [1.29, 1.82) is 0 Å². The smallest absolute Gasteiger partial charge is 0.410 e. The summed E-state index contributed by atoms with van der Waals surface area (Å²) < 4.78 is 27.4. The number of aromatic nitrogens is 1. The van der Waals surface area contributed by atoms with Gasteiger partial charge in [-0.25, -0.2) is 9.78 Å². The Balaban J connectivity index is 1.31. The second-order valence-corrected chi connectivity index (χ2v) is 16.0. The van der Waals surface area contributed by atoms with E-state index in [-0.39, 0.29) is 49.0 Å².